The molecule has 10 heteroatoms. The molecule has 2 aromatic carbocycles. The molecule has 150 valence electrons. The predicted octanol–water partition coefficient (Wildman–Crippen LogP) is 2.88. The van der Waals surface area contributed by atoms with Gasteiger partial charge in [-0.05, 0) is 48.5 Å². The van der Waals surface area contributed by atoms with Crippen LogP contribution >= 0.6 is 11.8 Å². The van der Waals surface area contributed by atoms with E-state index in [4.69, 9.17) is 9.15 Å². The lowest BCUT2D eigenvalue weighted by Crippen LogP contribution is -2.22. The zero-order chi connectivity index (χ0) is 20.6. The molecule has 3 aromatic rings. The number of halogens is 1. The summed E-state index contributed by atoms with van der Waals surface area (Å²) >= 11 is 1.05. The first-order valence-corrected chi connectivity index (χ1v) is 9.45. The predicted molar refractivity (Wildman–Crippen MR) is 104 cm³/mol. The van der Waals surface area contributed by atoms with Crippen molar-refractivity contribution in [2.45, 2.75) is 11.8 Å². The number of hydrogen-bond acceptors (Lipinski definition) is 7. The second kappa shape index (κ2) is 9.69. The molecule has 0 aliphatic heterocycles. The highest BCUT2D eigenvalue weighted by Gasteiger charge is 2.12. The molecule has 0 saturated heterocycles. The summed E-state index contributed by atoms with van der Waals surface area (Å²) in [6, 6.07) is 12.1. The van der Waals surface area contributed by atoms with E-state index in [0.29, 0.717) is 17.0 Å². The molecule has 2 N–H and O–H groups in total. The van der Waals surface area contributed by atoms with Crippen molar-refractivity contribution < 1.29 is 23.1 Å². The quantitative estimate of drug-likeness (QED) is 0.544. The van der Waals surface area contributed by atoms with Crippen LogP contribution in [0.4, 0.5) is 10.1 Å². The van der Waals surface area contributed by atoms with Gasteiger partial charge >= 0.3 is 0 Å². The number of rotatable bonds is 8. The lowest BCUT2D eigenvalue weighted by Gasteiger charge is -2.04. The fourth-order valence-corrected chi connectivity index (χ4v) is 2.81. The molecular weight excluding hydrogens is 399 g/mol. The van der Waals surface area contributed by atoms with E-state index >= 15 is 0 Å². The monoisotopic (exact) mass is 416 g/mol. The average Bonchev–Trinajstić information content (AvgIpc) is 3.20. The Morgan fingerprint density at radius 3 is 2.52 bits per heavy atom. The average molecular weight is 416 g/mol. The van der Waals surface area contributed by atoms with Crippen molar-refractivity contribution in [3.63, 3.8) is 0 Å². The van der Waals surface area contributed by atoms with Gasteiger partial charge in [-0.3, -0.25) is 9.59 Å². The van der Waals surface area contributed by atoms with E-state index in [1.54, 1.807) is 31.4 Å². The van der Waals surface area contributed by atoms with Crippen LogP contribution in [0.25, 0.3) is 0 Å². The Labute approximate surface area is 169 Å². The highest BCUT2D eigenvalue weighted by molar-refractivity contribution is 7.99. The number of nitrogens with one attached hydrogen (secondary N) is 2. The number of carbonyl (C=O) groups is 2. The maximum absolute atomic E-state index is 12.9. The van der Waals surface area contributed by atoms with E-state index in [0.717, 1.165) is 11.8 Å². The van der Waals surface area contributed by atoms with Gasteiger partial charge in [-0.25, -0.2) is 4.39 Å². The van der Waals surface area contributed by atoms with Crippen LogP contribution in [0.3, 0.4) is 0 Å². The second-order valence-electron chi connectivity index (χ2n) is 5.72. The van der Waals surface area contributed by atoms with Gasteiger partial charge in [0.05, 0.1) is 19.4 Å². The number of amides is 2. The topological polar surface area (TPSA) is 106 Å². The first-order chi connectivity index (χ1) is 14.0. The fraction of sp³-hybridized carbons (Fsp3) is 0.158. The molecule has 0 bridgehead atoms. The second-order valence-corrected chi connectivity index (χ2v) is 6.64. The van der Waals surface area contributed by atoms with Gasteiger partial charge in [0.2, 0.25) is 11.8 Å². The maximum Gasteiger partial charge on any atom is 0.277 e. The first kappa shape index (κ1) is 20.3. The summed E-state index contributed by atoms with van der Waals surface area (Å²) in [4.78, 5) is 24.0. The van der Waals surface area contributed by atoms with Crippen LogP contribution in [-0.2, 0) is 11.3 Å². The number of methoxy groups -OCH3 is 1. The highest BCUT2D eigenvalue weighted by atomic mass is 32.2. The first-order valence-electron chi connectivity index (χ1n) is 8.46. The molecule has 0 saturated carbocycles. The Bertz CT molecular complexity index is 977. The van der Waals surface area contributed by atoms with Crippen LogP contribution in [0.15, 0.2) is 58.2 Å². The third-order valence-corrected chi connectivity index (χ3v) is 4.47. The van der Waals surface area contributed by atoms with Crippen molar-refractivity contribution >= 4 is 29.3 Å². The summed E-state index contributed by atoms with van der Waals surface area (Å²) in [7, 11) is 1.55. The molecule has 0 atom stereocenters. The lowest BCUT2D eigenvalue weighted by atomic mass is 10.2. The minimum Gasteiger partial charge on any atom is -0.497 e. The van der Waals surface area contributed by atoms with E-state index in [1.165, 1.54) is 24.3 Å². The Morgan fingerprint density at radius 2 is 1.83 bits per heavy atom. The summed E-state index contributed by atoms with van der Waals surface area (Å²) in [5.41, 5.74) is 0.960. The molecule has 1 aromatic heterocycles. The van der Waals surface area contributed by atoms with E-state index < -0.39 is 0 Å². The lowest BCUT2D eigenvalue weighted by molar-refractivity contribution is -0.113. The molecule has 0 spiro atoms. The Morgan fingerprint density at radius 1 is 1.10 bits per heavy atom. The number of ether oxygens (including phenoxy) is 1. The molecular formula is C19H17FN4O4S. The highest BCUT2D eigenvalue weighted by Crippen LogP contribution is 2.17. The van der Waals surface area contributed by atoms with Crippen molar-refractivity contribution in [1.82, 2.24) is 15.5 Å². The van der Waals surface area contributed by atoms with Crippen LogP contribution in [0.2, 0.25) is 0 Å². The Hall–Kier alpha value is -3.40. The molecule has 0 aliphatic carbocycles. The molecule has 0 radical (unpaired) electrons. The third-order valence-electron chi connectivity index (χ3n) is 3.66. The number of nitrogens with zero attached hydrogens (tertiary/aromatic N) is 2. The molecule has 2 amide bonds. The van der Waals surface area contributed by atoms with Gasteiger partial charge < -0.3 is 19.8 Å². The van der Waals surface area contributed by atoms with Crippen LogP contribution in [-0.4, -0.2) is 34.9 Å². The van der Waals surface area contributed by atoms with Gasteiger partial charge in [0, 0.05) is 11.3 Å². The Balaban J connectivity index is 1.44. The van der Waals surface area contributed by atoms with E-state index in [9.17, 15) is 14.0 Å². The van der Waals surface area contributed by atoms with Gasteiger partial charge in [0.25, 0.3) is 11.1 Å². The van der Waals surface area contributed by atoms with Crippen LogP contribution < -0.4 is 15.4 Å². The molecule has 0 aliphatic rings. The SMILES string of the molecule is COc1ccc(C(=O)NCc2nnc(SCC(=O)Nc3ccc(F)cc3)o2)cc1. The molecule has 3 rings (SSSR count). The summed E-state index contributed by atoms with van der Waals surface area (Å²) in [6.45, 7) is 0.0558. The largest absolute Gasteiger partial charge is 0.497 e. The summed E-state index contributed by atoms with van der Waals surface area (Å²) in [6.07, 6.45) is 0. The summed E-state index contributed by atoms with van der Waals surface area (Å²) in [5, 5.41) is 13.2. The molecule has 8 nitrogen and oxygen atoms in total. The van der Waals surface area contributed by atoms with Crippen LogP contribution in [0.5, 0.6) is 5.75 Å². The van der Waals surface area contributed by atoms with E-state index in [-0.39, 0.29) is 41.0 Å². The third kappa shape index (κ3) is 6.04. The number of carbonyl (C=O) groups excluding carboxylic acids is 2. The van der Waals surface area contributed by atoms with Crippen molar-refractivity contribution in [2.24, 2.45) is 0 Å². The normalized spacial score (nSPS) is 10.4. The number of hydrogen-bond donors (Lipinski definition) is 2. The van der Waals surface area contributed by atoms with E-state index in [2.05, 4.69) is 20.8 Å². The molecule has 0 fully saturated rings. The van der Waals surface area contributed by atoms with Crippen molar-refractivity contribution in [2.75, 3.05) is 18.2 Å². The minimum atomic E-state index is -0.380. The summed E-state index contributed by atoms with van der Waals surface area (Å²) < 4.78 is 23.3. The van der Waals surface area contributed by atoms with Crippen LogP contribution in [0.1, 0.15) is 16.2 Å². The van der Waals surface area contributed by atoms with Crippen molar-refractivity contribution in [1.29, 1.82) is 0 Å². The molecule has 0 unspecified atom stereocenters. The number of aromatic nitrogens is 2. The number of benzene rings is 2. The number of anilines is 1. The minimum absolute atomic E-state index is 0.0389. The van der Waals surface area contributed by atoms with Gasteiger partial charge in [-0.2, -0.15) is 0 Å². The van der Waals surface area contributed by atoms with Crippen LogP contribution in [0, 0.1) is 5.82 Å². The van der Waals surface area contributed by atoms with Gasteiger partial charge in [0.1, 0.15) is 11.6 Å². The van der Waals surface area contributed by atoms with Gasteiger partial charge in [-0.15, -0.1) is 10.2 Å². The standard InChI is InChI=1S/C19H17FN4O4S/c1-27-15-8-2-12(3-9-15)18(26)21-10-17-23-24-19(28-17)29-11-16(25)22-14-6-4-13(20)5-7-14/h2-9H,10-11H2,1H3,(H,21,26)(H,22,25). The zero-order valence-corrected chi connectivity index (χ0v) is 16.2. The van der Waals surface area contributed by atoms with Gasteiger partial charge in [0.15, 0.2) is 0 Å². The molecule has 1 heterocycles. The smallest absolute Gasteiger partial charge is 0.277 e. The summed E-state index contributed by atoms with van der Waals surface area (Å²) in [5.74, 6) is -0.0587. The van der Waals surface area contributed by atoms with Crippen molar-refractivity contribution in [3.8, 4) is 5.75 Å². The zero-order valence-electron chi connectivity index (χ0n) is 15.3. The van der Waals surface area contributed by atoms with E-state index in [1.807, 2.05) is 0 Å². The van der Waals surface area contributed by atoms with Gasteiger partial charge in [-0.1, -0.05) is 11.8 Å². The number of thioether (sulfide) groups is 1. The Kier molecular flexibility index (Phi) is 6.80. The molecule has 29 heavy (non-hydrogen) atoms. The van der Waals surface area contributed by atoms with Crippen molar-refractivity contribution in [3.05, 3.63) is 65.8 Å². The fourth-order valence-electron chi connectivity index (χ4n) is 2.23. The maximum atomic E-state index is 12.9.